The second-order valence-electron chi connectivity index (χ2n) is 2.21. The molecule has 0 aliphatic rings. The zero-order chi connectivity index (χ0) is 11.2. The van der Waals surface area contributed by atoms with E-state index in [-0.39, 0.29) is 13.0 Å². The molecule has 82 valence electrons. The van der Waals surface area contributed by atoms with E-state index in [1.165, 1.54) is 0 Å². The van der Waals surface area contributed by atoms with Crippen molar-refractivity contribution in [3.8, 4) is 0 Å². The second-order valence-corrected chi connectivity index (χ2v) is 3.26. The molecular formula is C5H9NO7S. The molecule has 0 aliphatic heterocycles. The molecule has 9 heteroatoms. The molecule has 0 aromatic heterocycles. The molecule has 0 rings (SSSR count). The summed E-state index contributed by atoms with van der Waals surface area (Å²) in [6.07, 6.45) is -1.65. The van der Waals surface area contributed by atoms with Crippen LogP contribution in [0.2, 0.25) is 0 Å². The highest BCUT2D eigenvalue weighted by atomic mass is 32.3. The van der Waals surface area contributed by atoms with Crippen molar-refractivity contribution in [3.05, 3.63) is 0 Å². The van der Waals surface area contributed by atoms with Crippen LogP contribution in [0.15, 0.2) is 0 Å². The van der Waals surface area contributed by atoms with Crippen molar-refractivity contribution in [1.29, 1.82) is 0 Å². The van der Waals surface area contributed by atoms with Crippen LogP contribution in [-0.2, 0) is 24.2 Å². The lowest BCUT2D eigenvalue weighted by atomic mass is 10.2. The summed E-state index contributed by atoms with van der Waals surface area (Å²) in [5.41, 5.74) is 0. The molecule has 3 N–H and O–H groups in total. The van der Waals surface area contributed by atoms with Crippen molar-refractivity contribution < 1.29 is 31.8 Å². The van der Waals surface area contributed by atoms with E-state index in [4.69, 9.17) is 9.66 Å². The average molecular weight is 227 g/mol. The van der Waals surface area contributed by atoms with E-state index < -0.39 is 22.5 Å². The monoisotopic (exact) mass is 227 g/mol. The van der Waals surface area contributed by atoms with Crippen LogP contribution in [0.1, 0.15) is 6.42 Å². The maximum Gasteiger partial charge on any atom is 0.398 e. The fourth-order valence-electron chi connectivity index (χ4n) is 0.633. The molecule has 0 fully saturated rings. The summed E-state index contributed by atoms with van der Waals surface area (Å²) in [7, 11) is -4.80. The highest BCUT2D eigenvalue weighted by molar-refractivity contribution is 7.80. The third-order valence-corrected chi connectivity index (χ3v) is 1.62. The molecule has 8 nitrogen and oxygen atoms in total. The third kappa shape index (κ3) is 6.34. The summed E-state index contributed by atoms with van der Waals surface area (Å²) in [5, 5.41) is 10.5. The number of carbonyl (C=O) groups is 2. The smallest absolute Gasteiger partial charge is 0.398 e. The number of carboxylic acid groups (broad SMARTS) is 1. The van der Waals surface area contributed by atoms with Crippen LogP contribution in [0.5, 0.6) is 0 Å². The van der Waals surface area contributed by atoms with Gasteiger partial charge >= 0.3 is 16.4 Å². The molecule has 0 radical (unpaired) electrons. The number of aliphatic carboxylic acids is 1. The highest BCUT2D eigenvalue weighted by Gasteiger charge is 2.23. The normalized spacial score (nSPS) is 13.2. The van der Waals surface area contributed by atoms with Crippen LogP contribution in [0.25, 0.3) is 0 Å². The van der Waals surface area contributed by atoms with E-state index in [2.05, 4.69) is 9.50 Å². The fraction of sp³-hybridized carbons (Fsp3) is 0.600. The van der Waals surface area contributed by atoms with Crippen molar-refractivity contribution in [3.63, 3.8) is 0 Å². The van der Waals surface area contributed by atoms with Crippen molar-refractivity contribution in [2.45, 2.75) is 12.5 Å². The van der Waals surface area contributed by atoms with Crippen molar-refractivity contribution in [2.24, 2.45) is 0 Å². The number of hydrogen-bond acceptors (Lipinski definition) is 5. The molecule has 0 heterocycles. The van der Waals surface area contributed by atoms with Gasteiger partial charge in [0.15, 0.2) is 6.10 Å². The number of amides is 1. The fourth-order valence-corrected chi connectivity index (χ4v) is 1.10. The minimum absolute atomic E-state index is 0.0734. The number of rotatable bonds is 7. The predicted molar refractivity (Wildman–Crippen MR) is 42.7 cm³/mol. The Morgan fingerprint density at radius 3 is 2.50 bits per heavy atom. The minimum atomic E-state index is -4.80. The van der Waals surface area contributed by atoms with Crippen LogP contribution in [0.4, 0.5) is 0 Å². The Kier molecular flexibility index (Phi) is 5.05. The first-order valence-electron chi connectivity index (χ1n) is 3.42. The van der Waals surface area contributed by atoms with Gasteiger partial charge in [0.2, 0.25) is 6.41 Å². The van der Waals surface area contributed by atoms with Crippen LogP contribution in [0.3, 0.4) is 0 Å². The molecule has 14 heavy (non-hydrogen) atoms. The molecule has 0 spiro atoms. The summed E-state index contributed by atoms with van der Waals surface area (Å²) >= 11 is 0. The Morgan fingerprint density at radius 2 is 2.14 bits per heavy atom. The van der Waals surface area contributed by atoms with Gasteiger partial charge in [-0.15, -0.1) is 0 Å². The number of carbonyl (C=O) groups excluding carboxylic acids is 1. The number of nitrogens with one attached hydrogen (secondary N) is 1. The molecule has 0 aliphatic carbocycles. The first kappa shape index (κ1) is 12.8. The largest absolute Gasteiger partial charge is 0.479 e. The first-order valence-corrected chi connectivity index (χ1v) is 4.79. The molecule has 0 saturated heterocycles. The molecule has 0 aromatic rings. The quantitative estimate of drug-likeness (QED) is 0.271. The van der Waals surface area contributed by atoms with Gasteiger partial charge in [0.25, 0.3) is 0 Å². The van der Waals surface area contributed by atoms with Crippen LogP contribution >= 0.6 is 0 Å². The maximum absolute atomic E-state index is 10.4. The van der Waals surface area contributed by atoms with E-state index in [0.717, 1.165) is 0 Å². The van der Waals surface area contributed by atoms with E-state index >= 15 is 0 Å². The molecular weight excluding hydrogens is 218 g/mol. The van der Waals surface area contributed by atoms with Gasteiger partial charge in [0.1, 0.15) is 0 Å². The molecule has 1 unspecified atom stereocenters. The van der Waals surface area contributed by atoms with Gasteiger partial charge < -0.3 is 10.4 Å². The third-order valence-electron chi connectivity index (χ3n) is 1.15. The SMILES string of the molecule is O=CNCCC(OS(=O)(=O)O)C(=O)O. The van der Waals surface area contributed by atoms with Gasteiger partial charge in [0, 0.05) is 13.0 Å². The van der Waals surface area contributed by atoms with Gasteiger partial charge in [-0.1, -0.05) is 0 Å². The molecule has 0 bridgehead atoms. The summed E-state index contributed by atoms with van der Waals surface area (Å²) in [6.45, 7) is -0.0734. The zero-order valence-corrected chi connectivity index (χ0v) is 7.73. The van der Waals surface area contributed by atoms with E-state index in [0.29, 0.717) is 6.41 Å². The Hall–Kier alpha value is -1.19. The minimum Gasteiger partial charge on any atom is -0.479 e. The summed E-state index contributed by atoms with van der Waals surface area (Å²) in [4.78, 5) is 20.1. The van der Waals surface area contributed by atoms with Crippen LogP contribution in [-0.4, -0.2) is 43.1 Å². The van der Waals surface area contributed by atoms with Gasteiger partial charge in [-0.2, -0.15) is 8.42 Å². The zero-order valence-electron chi connectivity index (χ0n) is 6.91. The van der Waals surface area contributed by atoms with Crippen molar-refractivity contribution >= 4 is 22.8 Å². The number of carboxylic acids is 1. The lowest BCUT2D eigenvalue weighted by Gasteiger charge is -2.09. The summed E-state index contributed by atoms with van der Waals surface area (Å²) in [6, 6.07) is 0. The van der Waals surface area contributed by atoms with Crippen molar-refractivity contribution in [2.75, 3.05) is 6.54 Å². The van der Waals surface area contributed by atoms with Crippen molar-refractivity contribution in [1.82, 2.24) is 5.32 Å². The highest BCUT2D eigenvalue weighted by Crippen LogP contribution is 2.02. The second kappa shape index (κ2) is 5.52. The Bertz CT molecular complexity index is 297. The van der Waals surface area contributed by atoms with E-state index in [1.807, 2.05) is 0 Å². The molecule has 0 aromatic carbocycles. The van der Waals surface area contributed by atoms with Gasteiger partial charge in [0.05, 0.1) is 0 Å². The summed E-state index contributed by atoms with van der Waals surface area (Å²) < 4.78 is 32.3. The maximum atomic E-state index is 10.4. The number of hydrogen-bond donors (Lipinski definition) is 3. The van der Waals surface area contributed by atoms with E-state index in [1.54, 1.807) is 0 Å². The van der Waals surface area contributed by atoms with E-state index in [9.17, 15) is 18.0 Å². The lowest BCUT2D eigenvalue weighted by molar-refractivity contribution is -0.145. The molecule has 1 amide bonds. The first-order chi connectivity index (χ1) is 6.37. The Morgan fingerprint density at radius 1 is 1.57 bits per heavy atom. The summed E-state index contributed by atoms with van der Waals surface area (Å²) in [5.74, 6) is -1.55. The van der Waals surface area contributed by atoms with Gasteiger partial charge in [-0.3, -0.25) is 9.35 Å². The van der Waals surface area contributed by atoms with Gasteiger partial charge in [-0.25, -0.2) is 8.98 Å². The Balaban J connectivity index is 4.17. The van der Waals surface area contributed by atoms with Crippen LogP contribution in [0, 0.1) is 0 Å². The molecule has 0 saturated carbocycles. The Labute approximate surface area is 79.8 Å². The predicted octanol–water partition coefficient (Wildman–Crippen LogP) is -1.60. The lowest BCUT2D eigenvalue weighted by Crippen LogP contribution is -2.30. The van der Waals surface area contributed by atoms with Gasteiger partial charge in [-0.05, 0) is 0 Å². The van der Waals surface area contributed by atoms with Crippen LogP contribution < -0.4 is 5.32 Å². The average Bonchev–Trinajstić information content (AvgIpc) is 2.00. The molecule has 1 atom stereocenters. The topological polar surface area (TPSA) is 130 Å². The standard InChI is InChI=1S/C5H9NO7S/c7-3-6-2-1-4(5(8)9)13-14(10,11)12/h3-4H,1-2H2,(H,6,7)(H,8,9)(H,10,11,12).